The van der Waals surface area contributed by atoms with Crippen molar-refractivity contribution in [3.63, 3.8) is 0 Å². The molecule has 1 aromatic heterocycles. The van der Waals surface area contributed by atoms with Gasteiger partial charge in [-0.15, -0.1) is 0 Å². The first-order chi connectivity index (χ1) is 10.1. The summed E-state index contributed by atoms with van der Waals surface area (Å²) in [5.74, 6) is 0.847. The van der Waals surface area contributed by atoms with E-state index in [1.165, 1.54) is 12.1 Å². The molecule has 2 aromatic carbocycles. The number of nitrogens with zero attached hydrogens (tertiary/aromatic N) is 2. The predicted octanol–water partition coefficient (Wildman–Crippen LogP) is 4.42. The van der Waals surface area contributed by atoms with Crippen molar-refractivity contribution in [2.24, 2.45) is 0 Å². The van der Waals surface area contributed by atoms with E-state index in [0.717, 1.165) is 16.6 Å². The number of aromatic nitrogens is 2. The van der Waals surface area contributed by atoms with E-state index in [2.05, 4.69) is 25.9 Å². The molecule has 3 rings (SSSR count). The standard InChI is InChI=1S/C16H12BrFN2O/c1-10-12-4-2-3-5-14(12)20-16(19-10)9-21-15-7-6-11(18)8-13(15)17/h2-8H,9H2,1H3. The first-order valence-corrected chi connectivity index (χ1v) is 7.23. The monoisotopic (exact) mass is 346 g/mol. The van der Waals surface area contributed by atoms with Crippen LogP contribution in [0.3, 0.4) is 0 Å². The number of aryl methyl sites for hydroxylation is 1. The summed E-state index contributed by atoms with van der Waals surface area (Å²) in [6, 6.07) is 12.1. The Morgan fingerprint density at radius 2 is 1.95 bits per heavy atom. The Labute approximate surface area is 129 Å². The maximum atomic E-state index is 13.0. The minimum absolute atomic E-state index is 0.232. The predicted molar refractivity (Wildman–Crippen MR) is 82.7 cm³/mol. The van der Waals surface area contributed by atoms with Gasteiger partial charge >= 0.3 is 0 Å². The van der Waals surface area contributed by atoms with Gasteiger partial charge in [-0.2, -0.15) is 0 Å². The van der Waals surface area contributed by atoms with Crippen molar-refractivity contribution in [2.75, 3.05) is 0 Å². The smallest absolute Gasteiger partial charge is 0.166 e. The van der Waals surface area contributed by atoms with Gasteiger partial charge in [-0.05, 0) is 47.1 Å². The van der Waals surface area contributed by atoms with E-state index in [4.69, 9.17) is 4.74 Å². The summed E-state index contributed by atoms with van der Waals surface area (Å²) in [6.45, 7) is 2.18. The van der Waals surface area contributed by atoms with Crippen LogP contribution in [0, 0.1) is 12.7 Å². The van der Waals surface area contributed by atoms with Crippen LogP contribution in [0.25, 0.3) is 10.9 Å². The lowest BCUT2D eigenvalue weighted by atomic mass is 10.2. The molecule has 0 aliphatic rings. The minimum Gasteiger partial charge on any atom is -0.484 e. The van der Waals surface area contributed by atoms with Crippen LogP contribution < -0.4 is 4.74 Å². The average Bonchev–Trinajstić information content (AvgIpc) is 2.46. The summed E-state index contributed by atoms with van der Waals surface area (Å²) in [7, 11) is 0. The minimum atomic E-state index is -0.313. The Kier molecular flexibility index (Phi) is 3.84. The Morgan fingerprint density at radius 3 is 2.76 bits per heavy atom. The second-order valence-electron chi connectivity index (χ2n) is 4.61. The van der Waals surface area contributed by atoms with Crippen molar-refractivity contribution < 1.29 is 9.13 Å². The second-order valence-corrected chi connectivity index (χ2v) is 5.46. The second kappa shape index (κ2) is 5.77. The van der Waals surface area contributed by atoms with Crippen LogP contribution in [0.4, 0.5) is 4.39 Å². The Morgan fingerprint density at radius 1 is 1.14 bits per heavy atom. The van der Waals surface area contributed by atoms with Gasteiger partial charge in [0.2, 0.25) is 0 Å². The molecule has 0 aliphatic carbocycles. The molecule has 0 unspecified atom stereocenters. The Bertz CT molecular complexity index is 807. The molecule has 0 fully saturated rings. The van der Waals surface area contributed by atoms with E-state index in [9.17, 15) is 4.39 Å². The van der Waals surface area contributed by atoms with Crippen LogP contribution in [0.15, 0.2) is 46.9 Å². The number of ether oxygens (including phenoxy) is 1. The lowest BCUT2D eigenvalue weighted by Gasteiger charge is -2.09. The quantitative estimate of drug-likeness (QED) is 0.704. The van der Waals surface area contributed by atoms with Crippen molar-refractivity contribution in [3.05, 3.63) is 64.3 Å². The Balaban J connectivity index is 1.85. The molecule has 0 aliphatic heterocycles. The summed E-state index contributed by atoms with van der Waals surface area (Å²) in [5.41, 5.74) is 1.80. The van der Waals surface area contributed by atoms with Gasteiger partial charge in [-0.3, -0.25) is 0 Å². The Hall–Kier alpha value is -2.01. The molecule has 0 amide bonds. The molecule has 1 heterocycles. The van der Waals surface area contributed by atoms with E-state index < -0.39 is 0 Å². The highest BCUT2D eigenvalue weighted by Gasteiger charge is 2.07. The zero-order chi connectivity index (χ0) is 14.8. The van der Waals surface area contributed by atoms with Crippen molar-refractivity contribution >= 4 is 26.8 Å². The lowest BCUT2D eigenvalue weighted by Crippen LogP contribution is -2.04. The van der Waals surface area contributed by atoms with Crippen molar-refractivity contribution in [2.45, 2.75) is 13.5 Å². The fraction of sp³-hybridized carbons (Fsp3) is 0.125. The largest absolute Gasteiger partial charge is 0.484 e. The van der Waals surface area contributed by atoms with Crippen molar-refractivity contribution in [1.82, 2.24) is 9.97 Å². The number of benzene rings is 2. The number of para-hydroxylation sites is 1. The average molecular weight is 347 g/mol. The summed E-state index contributed by atoms with van der Waals surface area (Å²) >= 11 is 3.27. The van der Waals surface area contributed by atoms with Crippen LogP contribution in [0.5, 0.6) is 5.75 Å². The van der Waals surface area contributed by atoms with Gasteiger partial charge in [0.1, 0.15) is 18.2 Å². The summed E-state index contributed by atoms with van der Waals surface area (Å²) in [4.78, 5) is 8.91. The third kappa shape index (κ3) is 3.03. The number of hydrogen-bond donors (Lipinski definition) is 0. The van der Waals surface area contributed by atoms with E-state index in [1.54, 1.807) is 6.07 Å². The molecule has 0 N–H and O–H groups in total. The molecular weight excluding hydrogens is 335 g/mol. The van der Waals surface area contributed by atoms with E-state index >= 15 is 0 Å². The topological polar surface area (TPSA) is 35.0 Å². The molecule has 0 spiro atoms. The number of fused-ring (bicyclic) bond motifs is 1. The molecule has 0 radical (unpaired) electrons. The van der Waals surface area contributed by atoms with Crippen LogP contribution in [0.2, 0.25) is 0 Å². The van der Waals surface area contributed by atoms with Gasteiger partial charge in [0.15, 0.2) is 5.82 Å². The normalized spacial score (nSPS) is 10.8. The highest BCUT2D eigenvalue weighted by atomic mass is 79.9. The molecule has 0 saturated heterocycles. The van der Waals surface area contributed by atoms with Crippen LogP contribution in [0.1, 0.15) is 11.5 Å². The molecule has 3 aromatic rings. The van der Waals surface area contributed by atoms with E-state index in [1.807, 2.05) is 31.2 Å². The third-order valence-electron chi connectivity index (χ3n) is 3.09. The van der Waals surface area contributed by atoms with Crippen molar-refractivity contribution in [1.29, 1.82) is 0 Å². The molecular formula is C16H12BrFN2O. The van der Waals surface area contributed by atoms with Gasteiger partial charge < -0.3 is 4.74 Å². The van der Waals surface area contributed by atoms with Gasteiger partial charge in [0.05, 0.1) is 9.99 Å². The van der Waals surface area contributed by atoms with E-state index in [0.29, 0.717) is 16.0 Å². The van der Waals surface area contributed by atoms with Gasteiger partial charge in [-0.1, -0.05) is 18.2 Å². The van der Waals surface area contributed by atoms with Crippen LogP contribution in [-0.4, -0.2) is 9.97 Å². The maximum absolute atomic E-state index is 13.0. The van der Waals surface area contributed by atoms with Gasteiger partial charge in [-0.25, -0.2) is 14.4 Å². The number of halogens is 2. The van der Waals surface area contributed by atoms with Crippen LogP contribution in [-0.2, 0) is 6.61 Å². The maximum Gasteiger partial charge on any atom is 0.166 e. The summed E-state index contributed by atoms with van der Waals surface area (Å²) in [6.07, 6.45) is 0. The molecule has 21 heavy (non-hydrogen) atoms. The molecule has 0 bridgehead atoms. The first kappa shape index (κ1) is 13.9. The lowest BCUT2D eigenvalue weighted by molar-refractivity contribution is 0.293. The van der Waals surface area contributed by atoms with Gasteiger partial charge in [0, 0.05) is 11.1 Å². The fourth-order valence-electron chi connectivity index (χ4n) is 2.09. The summed E-state index contributed by atoms with van der Waals surface area (Å²) < 4.78 is 19.2. The number of rotatable bonds is 3. The molecule has 5 heteroatoms. The SMILES string of the molecule is Cc1nc(COc2ccc(F)cc2Br)nc2ccccc12. The zero-order valence-corrected chi connectivity index (χ0v) is 12.9. The van der Waals surface area contributed by atoms with E-state index in [-0.39, 0.29) is 12.4 Å². The molecule has 0 atom stereocenters. The van der Waals surface area contributed by atoms with Crippen molar-refractivity contribution in [3.8, 4) is 5.75 Å². The highest BCUT2D eigenvalue weighted by Crippen LogP contribution is 2.26. The van der Waals surface area contributed by atoms with Gasteiger partial charge in [0.25, 0.3) is 0 Å². The zero-order valence-electron chi connectivity index (χ0n) is 11.3. The molecule has 0 saturated carbocycles. The van der Waals surface area contributed by atoms with Crippen LogP contribution >= 0.6 is 15.9 Å². The molecule has 3 nitrogen and oxygen atoms in total. The summed E-state index contributed by atoms with van der Waals surface area (Å²) in [5, 5.41) is 1.03. The number of hydrogen-bond acceptors (Lipinski definition) is 3. The highest BCUT2D eigenvalue weighted by molar-refractivity contribution is 9.10. The fourth-order valence-corrected chi connectivity index (χ4v) is 2.56. The third-order valence-corrected chi connectivity index (χ3v) is 3.71. The molecule has 106 valence electrons. The first-order valence-electron chi connectivity index (χ1n) is 6.43.